The Morgan fingerprint density at radius 1 is 1.08 bits per heavy atom. The highest BCUT2D eigenvalue weighted by Crippen LogP contribution is 2.32. The lowest BCUT2D eigenvalue weighted by atomic mass is 9.99. The third-order valence-corrected chi connectivity index (χ3v) is 4.27. The van der Waals surface area contributed by atoms with Gasteiger partial charge in [0.15, 0.2) is 0 Å². The first-order valence-corrected chi connectivity index (χ1v) is 8.02. The van der Waals surface area contributed by atoms with Crippen molar-refractivity contribution >= 4 is 22.9 Å². The Bertz CT molecular complexity index is 696. The summed E-state index contributed by atoms with van der Waals surface area (Å²) in [5, 5.41) is 0.492. The molecule has 0 atom stereocenters. The third kappa shape index (κ3) is 4.87. The van der Waals surface area contributed by atoms with Crippen LogP contribution in [0.25, 0.3) is 5.57 Å². The summed E-state index contributed by atoms with van der Waals surface area (Å²) in [6.07, 6.45) is -1.95. The van der Waals surface area contributed by atoms with Gasteiger partial charge < -0.3 is 4.74 Å². The first-order chi connectivity index (χ1) is 11.2. The molecule has 1 aliphatic carbocycles. The molecule has 0 saturated heterocycles. The van der Waals surface area contributed by atoms with E-state index in [1.807, 2.05) is 20.8 Å². The van der Waals surface area contributed by atoms with Crippen LogP contribution in [0.4, 0.5) is 13.2 Å². The molecule has 1 saturated carbocycles. The highest BCUT2D eigenvalue weighted by atomic mass is 35.5. The fourth-order valence-electron chi connectivity index (χ4n) is 2.57. The quantitative estimate of drug-likeness (QED) is 0.568. The van der Waals surface area contributed by atoms with Crippen LogP contribution >= 0.6 is 11.6 Å². The smallest absolute Gasteiger partial charge is 0.406 e. The van der Waals surface area contributed by atoms with Gasteiger partial charge >= 0.3 is 6.36 Å². The average Bonchev–Trinajstić information content (AvgIpc) is 2.93. The molecule has 2 nitrogen and oxygen atoms in total. The summed E-state index contributed by atoms with van der Waals surface area (Å²) in [7, 11) is 0. The van der Waals surface area contributed by atoms with Crippen LogP contribution in [0.5, 0.6) is 5.75 Å². The van der Waals surface area contributed by atoms with Crippen LogP contribution in [0.2, 0.25) is 0 Å². The Morgan fingerprint density at radius 3 is 2.25 bits per heavy atom. The summed E-state index contributed by atoms with van der Waals surface area (Å²) in [6, 6.07) is 5.90. The molecule has 1 aromatic rings. The van der Waals surface area contributed by atoms with Crippen LogP contribution in [0.3, 0.4) is 0 Å². The number of nitrogens with zero attached hydrogens (tertiary/aromatic N) is 1. The van der Waals surface area contributed by atoms with Crippen LogP contribution in [-0.2, 0) is 0 Å². The van der Waals surface area contributed by atoms with Gasteiger partial charge in [0.25, 0.3) is 0 Å². The first-order valence-electron chi connectivity index (χ1n) is 7.64. The van der Waals surface area contributed by atoms with E-state index in [-0.39, 0.29) is 5.75 Å². The van der Waals surface area contributed by atoms with E-state index in [2.05, 4.69) is 9.73 Å². The molecule has 0 N–H and O–H groups in total. The molecule has 0 radical (unpaired) electrons. The monoisotopic (exact) mass is 357 g/mol. The maximum Gasteiger partial charge on any atom is 0.573 e. The molecular weight excluding hydrogens is 339 g/mol. The molecule has 0 heterocycles. The lowest BCUT2D eigenvalue weighted by Gasteiger charge is -2.11. The van der Waals surface area contributed by atoms with Gasteiger partial charge in [0.2, 0.25) is 0 Å². The van der Waals surface area contributed by atoms with E-state index >= 15 is 0 Å². The van der Waals surface area contributed by atoms with E-state index in [4.69, 9.17) is 11.6 Å². The van der Waals surface area contributed by atoms with Gasteiger partial charge in [-0.15, -0.1) is 13.2 Å². The van der Waals surface area contributed by atoms with Crippen molar-refractivity contribution in [3.63, 3.8) is 0 Å². The normalized spacial score (nSPS) is 18.7. The van der Waals surface area contributed by atoms with Crippen molar-refractivity contribution in [2.45, 2.75) is 46.4 Å². The fraction of sp³-hybridized carbons (Fsp3) is 0.389. The number of ether oxygens (including phenoxy) is 1. The predicted octanol–water partition coefficient (Wildman–Crippen LogP) is 6.47. The average molecular weight is 358 g/mol. The van der Waals surface area contributed by atoms with Crippen LogP contribution < -0.4 is 4.74 Å². The topological polar surface area (TPSA) is 21.6 Å². The van der Waals surface area contributed by atoms with Crippen LogP contribution in [0.1, 0.15) is 45.6 Å². The summed E-state index contributed by atoms with van der Waals surface area (Å²) >= 11 is 6.14. The maximum absolute atomic E-state index is 12.2. The zero-order chi connectivity index (χ0) is 17.9. The molecule has 0 unspecified atom stereocenters. The molecule has 6 heteroatoms. The SMILES string of the molecule is CC(C)=C(Cl)N=C1CCC/C1=C(/C)c1ccc(OC(F)(F)F)cc1. The minimum Gasteiger partial charge on any atom is -0.406 e. The second-order valence-corrected chi connectivity index (χ2v) is 6.24. The van der Waals surface area contributed by atoms with E-state index < -0.39 is 6.36 Å². The zero-order valence-electron chi connectivity index (χ0n) is 13.8. The van der Waals surface area contributed by atoms with Gasteiger partial charge in [0.1, 0.15) is 10.9 Å². The molecule has 130 valence electrons. The zero-order valence-corrected chi connectivity index (χ0v) is 14.6. The highest BCUT2D eigenvalue weighted by Gasteiger charge is 2.31. The Morgan fingerprint density at radius 2 is 1.71 bits per heavy atom. The van der Waals surface area contributed by atoms with Crippen LogP contribution in [0, 0.1) is 0 Å². The summed E-state index contributed by atoms with van der Waals surface area (Å²) in [6.45, 7) is 5.75. The molecule has 24 heavy (non-hydrogen) atoms. The fourth-order valence-corrected chi connectivity index (χ4v) is 2.67. The number of allylic oxidation sites excluding steroid dienone is 3. The molecule has 0 spiro atoms. The van der Waals surface area contributed by atoms with Crippen molar-refractivity contribution in [2.75, 3.05) is 0 Å². The molecule has 1 aromatic carbocycles. The van der Waals surface area contributed by atoms with E-state index in [0.717, 1.165) is 47.3 Å². The Labute approximate surface area is 144 Å². The van der Waals surface area contributed by atoms with Crippen LogP contribution in [-0.4, -0.2) is 12.1 Å². The van der Waals surface area contributed by atoms with E-state index in [0.29, 0.717) is 5.16 Å². The number of hydrogen-bond acceptors (Lipinski definition) is 2. The number of benzene rings is 1. The van der Waals surface area contributed by atoms with Crippen molar-refractivity contribution in [1.29, 1.82) is 0 Å². The van der Waals surface area contributed by atoms with Gasteiger partial charge in [-0.3, -0.25) is 0 Å². The van der Waals surface area contributed by atoms with Crippen molar-refractivity contribution < 1.29 is 17.9 Å². The molecule has 0 bridgehead atoms. The minimum absolute atomic E-state index is 0.225. The highest BCUT2D eigenvalue weighted by molar-refractivity contribution is 6.30. The summed E-state index contributed by atoms with van der Waals surface area (Å²) in [5.41, 5.74) is 4.86. The summed E-state index contributed by atoms with van der Waals surface area (Å²) in [4.78, 5) is 4.50. The lowest BCUT2D eigenvalue weighted by Crippen LogP contribution is -2.17. The van der Waals surface area contributed by atoms with Gasteiger partial charge in [-0.05, 0) is 74.4 Å². The number of hydrogen-bond donors (Lipinski definition) is 0. The van der Waals surface area contributed by atoms with Crippen molar-refractivity contribution in [3.05, 3.63) is 46.1 Å². The molecular formula is C18H19ClF3NO. The number of rotatable bonds is 3. The molecule has 0 aliphatic heterocycles. The predicted molar refractivity (Wildman–Crippen MR) is 91.2 cm³/mol. The van der Waals surface area contributed by atoms with Gasteiger partial charge in [0, 0.05) is 5.71 Å². The first kappa shape index (κ1) is 18.6. The molecule has 2 rings (SSSR count). The number of alkyl halides is 3. The van der Waals surface area contributed by atoms with E-state index in [1.165, 1.54) is 12.1 Å². The van der Waals surface area contributed by atoms with E-state index in [9.17, 15) is 13.2 Å². The minimum atomic E-state index is -4.68. The van der Waals surface area contributed by atoms with E-state index in [1.54, 1.807) is 12.1 Å². The van der Waals surface area contributed by atoms with Gasteiger partial charge in [-0.2, -0.15) is 0 Å². The Balaban J connectivity index is 2.30. The van der Waals surface area contributed by atoms with Crippen molar-refractivity contribution in [2.24, 2.45) is 4.99 Å². The van der Waals surface area contributed by atoms with Crippen molar-refractivity contribution in [3.8, 4) is 5.75 Å². The Hall–Kier alpha value is -1.75. The van der Waals surface area contributed by atoms with Gasteiger partial charge in [-0.25, -0.2) is 4.99 Å². The number of halogens is 4. The molecule has 0 aromatic heterocycles. The van der Waals surface area contributed by atoms with Gasteiger partial charge in [-0.1, -0.05) is 23.7 Å². The lowest BCUT2D eigenvalue weighted by molar-refractivity contribution is -0.274. The molecule has 1 aliphatic rings. The maximum atomic E-state index is 12.2. The second kappa shape index (κ2) is 7.43. The molecule has 1 fully saturated rings. The summed E-state index contributed by atoms with van der Waals surface area (Å²) < 4.78 is 40.6. The second-order valence-electron chi connectivity index (χ2n) is 5.88. The Kier molecular flexibility index (Phi) is 5.75. The van der Waals surface area contributed by atoms with Crippen LogP contribution in [0.15, 0.2) is 45.6 Å². The molecule has 0 amide bonds. The number of aliphatic imine (C=N–C) groups is 1. The largest absolute Gasteiger partial charge is 0.573 e. The summed E-state index contributed by atoms with van der Waals surface area (Å²) in [5.74, 6) is -0.225. The van der Waals surface area contributed by atoms with Crippen molar-refractivity contribution in [1.82, 2.24) is 0 Å². The standard InChI is InChI=1S/C18H19ClF3NO/c1-11(2)17(19)23-16-6-4-5-15(16)12(3)13-7-9-14(10-8-13)24-18(20,21)22/h7-10H,4-6H2,1-3H3/b15-12+,23-16?. The van der Waals surface area contributed by atoms with Gasteiger partial charge in [0.05, 0.1) is 0 Å². The third-order valence-electron chi connectivity index (χ3n) is 3.81.